The van der Waals surface area contributed by atoms with Crippen molar-refractivity contribution in [3.05, 3.63) is 29.8 Å². The molecular weight excluding hydrogens is 256 g/mol. The fourth-order valence-electron chi connectivity index (χ4n) is 1.68. The summed E-state index contributed by atoms with van der Waals surface area (Å²) < 4.78 is 10.7. The lowest BCUT2D eigenvalue weighted by Gasteiger charge is -2.08. The Bertz CT molecular complexity index is 396. The van der Waals surface area contributed by atoms with Gasteiger partial charge in [-0.05, 0) is 37.6 Å². The molecule has 0 saturated heterocycles. The van der Waals surface area contributed by atoms with E-state index in [1.165, 1.54) is 0 Å². The van der Waals surface area contributed by atoms with Crippen molar-refractivity contribution in [2.75, 3.05) is 31.7 Å². The molecule has 0 atom stereocenters. The molecule has 0 saturated carbocycles. The van der Waals surface area contributed by atoms with Crippen LogP contribution in [0.3, 0.4) is 0 Å². The number of nitrogens with two attached hydrogens (primary N) is 1. The molecule has 0 aliphatic carbocycles. The van der Waals surface area contributed by atoms with Crippen LogP contribution in [-0.2, 0) is 20.9 Å². The molecule has 20 heavy (non-hydrogen) atoms. The van der Waals surface area contributed by atoms with Crippen LogP contribution in [0.1, 0.15) is 25.3 Å². The molecule has 0 heterocycles. The van der Waals surface area contributed by atoms with Crippen molar-refractivity contribution < 1.29 is 14.3 Å². The number of anilines is 1. The fourth-order valence-corrected chi connectivity index (χ4v) is 1.68. The van der Waals surface area contributed by atoms with Crippen molar-refractivity contribution in [1.29, 1.82) is 0 Å². The van der Waals surface area contributed by atoms with Crippen molar-refractivity contribution >= 4 is 11.6 Å². The van der Waals surface area contributed by atoms with Crippen molar-refractivity contribution in [2.24, 2.45) is 5.73 Å². The highest BCUT2D eigenvalue weighted by Gasteiger charge is 2.02. The van der Waals surface area contributed by atoms with Gasteiger partial charge < -0.3 is 20.5 Å². The van der Waals surface area contributed by atoms with E-state index in [-0.39, 0.29) is 5.91 Å². The number of carbonyl (C=O) groups is 1. The quantitative estimate of drug-likeness (QED) is 0.642. The summed E-state index contributed by atoms with van der Waals surface area (Å²) in [5.41, 5.74) is 7.19. The second-order valence-corrected chi connectivity index (χ2v) is 4.39. The predicted octanol–water partition coefficient (Wildman–Crippen LogP) is 1.92. The van der Waals surface area contributed by atoms with Crippen LogP contribution >= 0.6 is 0 Å². The number of hydrogen-bond acceptors (Lipinski definition) is 4. The smallest absolute Gasteiger partial charge is 0.224 e. The second kappa shape index (κ2) is 10.4. The van der Waals surface area contributed by atoms with Crippen molar-refractivity contribution in [2.45, 2.75) is 26.4 Å². The molecule has 0 spiro atoms. The highest BCUT2D eigenvalue weighted by atomic mass is 16.5. The third-order valence-corrected chi connectivity index (χ3v) is 2.66. The Labute approximate surface area is 120 Å². The molecule has 1 amide bonds. The minimum absolute atomic E-state index is 0.00939. The number of carbonyl (C=O) groups excluding carboxylic acids is 1. The van der Waals surface area contributed by atoms with Crippen LogP contribution in [-0.4, -0.2) is 32.3 Å². The Kier molecular flexibility index (Phi) is 8.62. The molecule has 0 unspecified atom stereocenters. The van der Waals surface area contributed by atoms with Gasteiger partial charge in [0.1, 0.15) is 0 Å². The van der Waals surface area contributed by atoms with Gasteiger partial charge >= 0.3 is 0 Å². The molecule has 5 heteroatoms. The summed E-state index contributed by atoms with van der Waals surface area (Å²) >= 11 is 0. The first-order chi connectivity index (χ1) is 9.76. The number of benzene rings is 1. The van der Waals surface area contributed by atoms with Crippen LogP contribution in [0.2, 0.25) is 0 Å². The molecular formula is C15H24N2O3. The summed E-state index contributed by atoms with van der Waals surface area (Å²) in [7, 11) is 0. The first-order valence-electron chi connectivity index (χ1n) is 7.00. The average Bonchev–Trinajstić information content (AvgIpc) is 2.45. The van der Waals surface area contributed by atoms with E-state index in [1.807, 2.05) is 31.2 Å². The maximum atomic E-state index is 11.6. The number of hydrogen-bond donors (Lipinski definition) is 2. The average molecular weight is 280 g/mol. The number of nitrogens with one attached hydrogen (secondary N) is 1. The van der Waals surface area contributed by atoms with Crippen molar-refractivity contribution in [3.63, 3.8) is 0 Å². The van der Waals surface area contributed by atoms with Gasteiger partial charge in [-0.2, -0.15) is 0 Å². The minimum atomic E-state index is -0.00939. The first kappa shape index (κ1) is 16.6. The highest BCUT2D eigenvalue weighted by Crippen LogP contribution is 2.12. The van der Waals surface area contributed by atoms with Gasteiger partial charge in [-0.1, -0.05) is 12.1 Å². The summed E-state index contributed by atoms with van der Waals surface area (Å²) in [6, 6.07) is 7.65. The first-order valence-corrected chi connectivity index (χ1v) is 7.00. The highest BCUT2D eigenvalue weighted by molar-refractivity contribution is 5.90. The van der Waals surface area contributed by atoms with Gasteiger partial charge in [-0.25, -0.2) is 0 Å². The van der Waals surface area contributed by atoms with E-state index < -0.39 is 0 Å². The van der Waals surface area contributed by atoms with Crippen molar-refractivity contribution in [3.8, 4) is 0 Å². The van der Waals surface area contributed by atoms with Gasteiger partial charge in [0.2, 0.25) is 5.91 Å². The molecule has 3 N–H and O–H groups in total. The molecule has 0 aliphatic heterocycles. The van der Waals surface area contributed by atoms with Crippen LogP contribution in [0.5, 0.6) is 0 Å². The maximum Gasteiger partial charge on any atom is 0.224 e. The van der Waals surface area contributed by atoms with Crippen LogP contribution in [0.4, 0.5) is 5.69 Å². The minimum Gasteiger partial charge on any atom is -0.379 e. The van der Waals surface area contributed by atoms with Gasteiger partial charge in [0.15, 0.2) is 0 Å². The molecule has 0 fully saturated rings. The SMILES string of the molecule is CCOCCOCc1cccc(NC(=O)CCCN)c1. The summed E-state index contributed by atoms with van der Waals surface area (Å²) in [5.74, 6) is -0.00939. The van der Waals surface area contributed by atoms with E-state index in [2.05, 4.69) is 5.32 Å². The Morgan fingerprint density at radius 3 is 2.85 bits per heavy atom. The summed E-state index contributed by atoms with van der Waals surface area (Å²) in [6.45, 7) is 4.87. The van der Waals surface area contributed by atoms with Gasteiger partial charge in [-0.15, -0.1) is 0 Å². The summed E-state index contributed by atoms with van der Waals surface area (Å²) in [5, 5.41) is 2.85. The van der Waals surface area contributed by atoms with Gasteiger partial charge in [0, 0.05) is 18.7 Å². The lowest BCUT2D eigenvalue weighted by Crippen LogP contribution is -2.13. The molecule has 1 aromatic carbocycles. The zero-order chi connectivity index (χ0) is 14.6. The van der Waals surface area contributed by atoms with E-state index in [1.54, 1.807) is 0 Å². The number of amides is 1. The van der Waals surface area contributed by atoms with Crippen LogP contribution in [0.15, 0.2) is 24.3 Å². The zero-order valence-corrected chi connectivity index (χ0v) is 12.1. The summed E-state index contributed by atoms with van der Waals surface area (Å²) in [4.78, 5) is 11.6. The van der Waals surface area contributed by atoms with E-state index in [0.717, 1.165) is 11.3 Å². The summed E-state index contributed by atoms with van der Waals surface area (Å²) in [6.07, 6.45) is 1.15. The Balaban J connectivity index is 2.35. The lowest BCUT2D eigenvalue weighted by atomic mass is 10.2. The van der Waals surface area contributed by atoms with Crippen molar-refractivity contribution in [1.82, 2.24) is 0 Å². The maximum absolute atomic E-state index is 11.6. The second-order valence-electron chi connectivity index (χ2n) is 4.39. The number of rotatable bonds is 10. The zero-order valence-electron chi connectivity index (χ0n) is 12.1. The topological polar surface area (TPSA) is 73.6 Å². The third kappa shape index (κ3) is 7.23. The standard InChI is InChI=1S/C15H24N2O3/c1-2-19-9-10-20-12-13-5-3-6-14(11-13)17-15(18)7-4-8-16/h3,5-6,11H,2,4,7-10,12,16H2,1H3,(H,17,18). The van der Waals surface area contributed by atoms with Gasteiger partial charge in [-0.3, -0.25) is 4.79 Å². The fraction of sp³-hybridized carbons (Fsp3) is 0.533. The molecule has 5 nitrogen and oxygen atoms in total. The Morgan fingerprint density at radius 2 is 2.10 bits per heavy atom. The monoisotopic (exact) mass is 280 g/mol. The predicted molar refractivity (Wildman–Crippen MR) is 79.5 cm³/mol. The van der Waals surface area contributed by atoms with Crippen LogP contribution in [0, 0.1) is 0 Å². The molecule has 0 aliphatic rings. The van der Waals surface area contributed by atoms with E-state index in [4.69, 9.17) is 15.2 Å². The molecule has 1 aromatic rings. The van der Waals surface area contributed by atoms with E-state index in [0.29, 0.717) is 45.8 Å². The van der Waals surface area contributed by atoms with Gasteiger partial charge in [0.05, 0.1) is 19.8 Å². The van der Waals surface area contributed by atoms with Gasteiger partial charge in [0.25, 0.3) is 0 Å². The Hall–Kier alpha value is -1.43. The van der Waals surface area contributed by atoms with E-state index >= 15 is 0 Å². The lowest BCUT2D eigenvalue weighted by molar-refractivity contribution is -0.116. The van der Waals surface area contributed by atoms with Crippen LogP contribution < -0.4 is 11.1 Å². The third-order valence-electron chi connectivity index (χ3n) is 2.66. The molecule has 0 bridgehead atoms. The molecule has 112 valence electrons. The Morgan fingerprint density at radius 1 is 1.30 bits per heavy atom. The molecule has 0 aromatic heterocycles. The normalized spacial score (nSPS) is 10.5. The van der Waals surface area contributed by atoms with Crippen LogP contribution in [0.25, 0.3) is 0 Å². The van der Waals surface area contributed by atoms with E-state index in [9.17, 15) is 4.79 Å². The molecule has 1 rings (SSSR count). The number of ether oxygens (including phenoxy) is 2. The molecule has 0 radical (unpaired) electrons. The largest absolute Gasteiger partial charge is 0.379 e.